The molecule has 1 saturated heterocycles. The zero-order chi connectivity index (χ0) is 23.3. The van der Waals surface area contributed by atoms with E-state index in [-0.39, 0.29) is 17.9 Å². The van der Waals surface area contributed by atoms with Crippen molar-refractivity contribution in [1.82, 2.24) is 4.90 Å². The van der Waals surface area contributed by atoms with Crippen LogP contribution in [0.5, 0.6) is 11.5 Å². The Hall–Kier alpha value is -2.99. The minimum atomic E-state index is -0.340. The number of hydrogen-bond donors (Lipinski definition) is 1. The van der Waals surface area contributed by atoms with Crippen molar-refractivity contribution < 1.29 is 19.1 Å². The Labute approximate surface area is 194 Å². The van der Waals surface area contributed by atoms with Crippen molar-refractivity contribution in [3.05, 3.63) is 58.1 Å². The molecular weight excluding hydrogens is 428 g/mol. The molecule has 1 heterocycles. The molecule has 0 saturated carbocycles. The van der Waals surface area contributed by atoms with Crippen molar-refractivity contribution in [1.29, 1.82) is 0 Å². The first-order chi connectivity index (χ1) is 15.3. The fraction of sp³-hybridized carbons (Fsp3) is 0.360. The molecule has 0 unspecified atom stereocenters. The minimum Gasteiger partial charge on any atom is -0.493 e. The van der Waals surface area contributed by atoms with E-state index < -0.39 is 0 Å². The molecule has 0 atom stereocenters. The van der Waals surface area contributed by atoms with E-state index >= 15 is 0 Å². The Morgan fingerprint density at radius 2 is 1.91 bits per heavy atom. The molecule has 0 bridgehead atoms. The summed E-state index contributed by atoms with van der Waals surface area (Å²) in [5, 5.41) is 3.27. The van der Waals surface area contributed by atoms with Gasteiger partial charge in [0.25, 0.3) is 5.91 Å². The van der Waals surface area contributed by atoms with E-state index in [2.05, 4.69) is 5.32 Å². The third kappa shape index (κ3) is 5.62. The van der Waals surface area contributed by atoms with Crippen molar-refractivity contribution >= 4 is 35.2 Å². The molecule has 170 valence electrons. The van der Waals surface area contributed by atoms with Gasteiger partial charge in [-0.15, -0.1) is 0 Å². The Balaban J connectivity index is 1.79. The van der Waals surface area contributed by atoms with Gasteiger partial charge in [-0.3, -0.25) is 9.59 Å². The molecule has 0 radical (unpaired) electrons. The number of para-hydroxylation sites is 1. The van der Waals surface area contributed by atoms with E-state index in [0.717, 1.165) is 31.5 Å². The lowest BCUT2D eigenvalue weighted by atomic mass is 10.1. The van der Waals surface area contributed by atoms with Gasteiger partial charge < -0.3 is 19.7 Å². The summed E-state index contributed by atoms with van der Waals surface area (Å²) in [5.74, 6) is 0.564. The number of methoxy groups -OCH3 is 1. The van der Waals surface area contributed by atoms with Crippen LogP contribution in [-0.2, 0) is 4.79 Å². The molecule has 2 amide bonds. The van der Waals surface area contributed by atoms with Crippen LogP contribution in [0, 0.1) is 6.92 Å². The summed E-state index contributed by atoms with van der Waals surface area (Å²) < 4.78 is 11.1. The highest BCUT2D eigenvalue weighted by Crippen LogP contribution is 2.37. The maximum Gasteiger partial charge on any atom is 0.255 e. The van der Waals surface area contributed by atoms with E-state index in [1.807, 2.05) is 37.8 Å². The van der Waals surface area contributed by atoms with Crippen molar-refractivity contribution in [2.24, 2.45) is 0 Å². The van der Waals surface area contributed by atoms with Crippen LogP contribution >= 0.6 is 11.6 Å². The van der Waals surface area contributed by atoms with Crippen LogP contribution in [0.1, 0.15) is 48.2 Å². The number of carbonyl (C=O) groups is 2. The molecule has 3 rings (SSSR count). The fourth-order valence-corrected chi connectivity index (χ4v) is 3.89. The molecule has 6 nitrogen and oxygen atoms in total. The van der Waals surface area contributed by atoms with Gasteiger partial charge in [0.1, 0.15) is 0 Å². The third-order valence-corrected chi connectivity index (χ3v) is 5.46. The lowest BCUT2D eigenvalue weighted by Gasteiger charge is -2.19. The van der Waals surface area contributed by atoms with Gasteiger partial charge in [-0.1, -0.05) is 23.7 Å². The first-order valence-electron chi connectivity index (χ1n) is 10.7. The molecule has 1 fully saturated rings. The largest absolute Gasteiger partial charge is 0.493 e. The zero-order valence-electron chi connectivity index (χ0n) is 18.9. The van der Waals surface area contributed by atoms with E-state index in [9.17, 15) is 9.59 Å². The van der Waals surface area contributed by atoms with Crippen LogP contribution in [0.25, 0.3) is 6.08 Å². The first-order valence-corrected chi connectivity index (χ1v) is 11.1. The van der Waals surface area contributed by atoms with Gasteiger partial charge in [0.15, 0.2) is 11.5 Å². The van der Waals surface area contributed by atoms with Gasteiger partial charge in [-0.2, -0.15) is 0 Å². The average molecular weight is 457 g/mol. The summed E-state index contributed by atoms with van der Waals surface area (Å²) in [6, 6.07) is 8.92. The normalized spacial score (nSPS) is 13.6. The predicted octanol–water partition coefficient (Wildman–Crippen LogP) is 5.33. The molecule has 1 aliphatic rings. The summed E-state index contributed by atoms with van der Waals surface area (Å²) in [6.07, 6.45) is 5.01. The smallest absolute Gasteiger partial charge is 0.255 e. The molecule has 7 heteroatoms. The molecule has 0 aliphatic carbocycles. The number of nitrogens with one attached hydrogen (secondary N) is 1. The standard InChI is InChI=1S/C25H29ClN2O4/c1-16(2)32-24-20(26)14-18(15-21(24)31-4)10-11-22(29)27-23-17(3)8-7-9-19(23)25(30)28-12-5-6-13-28/h7-11,14-16H,5-6,12-13H2,1-4H3,(H,27,29)/b11-10+. The van der Waals surface area contributed by atoms with E-state index in [0.29, 0.717) is 33.3 Å². The molecule has 0 aromatic heterocycles. The van der Waals surface area contributed by atoms with Crippen LogP contribution in [0.15, 0.2) is 36.4 Å². The van der Waals surface area contributed by atoms with Gasteiger partial charge in [-0.05, 0) is 69.0 Å². The van der Waals surface area contributed by atoms with Crippen molar-refractivity contribution in [3.63, 3.8) is 0 Å². The number of likely N-dealkylation sites (tertiary alicyclic amines) is 1. The van der Waals surface area contributed by atoms with E-state index in [1.54, 1.807) is 24.3 Å². The summed E-state index contributed by atoms with van der Waals surface area (Å²) in [6.45, 7) is 7.18. The number of halogens is 1. The Morgan fingerprint density at radius 1 is 1.19 bits per heavy atom. The van der Waals surface area contributed by atoms with Crippen LogP contribution < -0.4 is 14.8 Å². The maximum absolute atomic E-state index is 12.9. The lowest BCUT2D eigenvalue weighted by molar-refractivity contribution is -0.111. The van der Waals surface area contributed by atoms with Crippen LogP contribution in [-0.4, -0.2) is 43.0 Å². The van der Waals surface area contributed by atoms with Gasteiger partial charge in [0.05, 0.1) is 29.5 Å². The summed E-state index contributed by atoms with van der Waals surface area (Å²) in [5.41, 5.74) is 2.57. The summed E-state index contributed by atoms with van der Waals surface area (Å²) >= 11 is 6.36. The first kappa shape index (κ1) is 23.7. The predicted molar refractivity (Wildman–Crippen MR) is 128 cm³/mol. The average Bonchev–Trinajstić information content (AvgIpc) is 3.29. The lowest BCUT2D eigenvalue weighted by Crippen LogP contribution is -2.29. The van der Waals surface area contributed by atoms with Crippen LogP contribution in [0.4, 0.5) is 5.69 Å². The number of benzene rings is 2. The number of nitrogens with zero attached hydrogens (tertiary/aromatic N) is 1. The minimum absolute atomic E-state index is 0.0530. The Morgan fingerprint density at radius 3 is 2.56 bits per heavy atom. The number of anilines is 1. The van der Waals surface area contributed by atoms with Crippen molar-refractivity contribution in [2.75, 3.05) is 25.5 Å². The number of rotatable bonds is 7. The van der Waals surface area contributed by atoms with Gasteiger partial charge in [0, 0.05) is 19.2 Å². The molecular formula is C25H29ClN2O4. The Bertz CT molecular complexity index is 1030. The topological polar surface area (TPSA) is 67.9 Å². The van der Waals surface area contributed by atoms with Crippen molar-refractivity contribution in [2.45, 2.75) is 39.7 Å². The second-order valence-electron chi connectivity index (χ2n) is 8.02. The highest BCUT2D eigenvalue weighted by molar-refractivity contribution is 6.32. The summed E-state index contributed by atoms with van der Waals surface area (Å²) in [4.78, 5) is 27.4. The highest BCUT2D eigenvalue weighted by atomic mass is 35.5. The Kier molecular flexibility index (Phi) is 7.80. The van der Waals surface area contributed by atoms with Gasteiger partial charge in [-0.25, -0.2) is 0 Å². The number of amides is 2. The molecule has 2 aromatic carbocycles. The van der Waals surface area contributed by atoms with Crippen LogP contribution in [0.2, 0.25) is 5.02 Å². The van der Waals surface area contributed by atoms with Crippen molar-refractivity contribution in [3.8, 4) is 11.5 Å². The number of ether oxygens (including phenoxy) is 2. The molecule has 0 spiro atoms. The quantitative estimate of drug-likeness (QED) is 0.571. The molecule has 1 N–H and O–H groups in total. The van der Waals surface area contributed by atoms with Gasteiger partial charge >= 0.3 is 0 Å². The number of hydrogen-bond acceptors (Lipinski definition) is 4. The SMILES string of the molecule is COc1cc(/C=C/C(=O)Nc2c(C)cccc2C(=O)N2CCCC2)cc(Cl)c1OC(C)C. The van der Waals surface area contributed by atoms with E-state index in [1.165, 1.54) is 13.2 Å². The second kappa shape index (κ2) is 10.6. The number of aryl methyl sites for hydroxylation is 1. The zero-order valence-corrected chi connectivity index (χ0v) is 19.7. The fourth-order valence-electron chi connectivity index (χ4n) is 3.63. The second-order valence-corrected chi connectivity index (χ2v) is 8.43. The van der Waals surface area contributed by atoms with E-state index in [4.69, 9.17) is 21.1 Å². The summed E-state index contributed by atoms with van der Waals surface area (Å²) in [7, 11) is 1.54. The molecule has 2 aromatic rings. The molecule has 1 aliphatic heterocycles. The monoisotopic (exact) mass is 456 g/mol. The number of carbonyl (C=O) groups excluding carboxylic acids is 2. The highest BCUT2D eigenvalue weighted by Gasteiger charge is 2.23. The maximum atomic E-state index is 12.9. The third-order valence-electron chi connectivity index (χ3n) is 5.18. The molecule has 32 heavy (non-hydrogen) atoms. The van der Waals surface area contributed by atoms with Gasteiger partial charge in [0.2, 0.25) is 5.91 Å². The van der Waals surface area contributed by atoms with Crippen LogP contribution in [0.3, 0.4) is 0 Å².